The highest BCUT2D eigenvalue weighted by Gasteiger charge is 2.69. The van der Waals surface area contributed by atoms with Crippen molar-refractivity contribution < 1.29 is 19.8 Å². The molecule has 2 N–H and O–H groups in total. The number of carbonyl (C=O) groups excluding carboxylic acids is 2. The number of rotatable bonds is 3. The maximum absolute atomic E-state index is 12.3. The monoisotopic (exact) mass is 416 g/mol. The zero-order chi connectivity index (χ0) is 22.1. The van der Waals surface area contributed by atoms with E-state index in [0.717, 1.165) is 38.4 Å². The molecule has 4 heteroatoms. The summed E-state index contributed by atoms with van der Waals surface area (Å²) in [6.45, 7) is 10.8. The van der Waals surface area contributed by atoms with E-state index in [1.807, 2.05) is 13.0 Å². The molecule has 4 aliphatic rings. The number of aliphatic hydroxyl groups is 2. The van der Waals surface area contributed by atoms with Crippen LogP contribution in [-0.4, -0.2) is 35.0 Å². The normalized spacial score (nSPS) is 49.8. The van der Waals surface area contributed by atoms with Crippen LogP contribution in [0.3, 0.4) is 0 Å². The molecule has 4 rings (SSSR count). The average molecular weight is 417 g/mol. The minimum absolute atomic E-state index is 0.0549. The quantitative estimate of drug-likeness (QED) is 0.672. The fourth-order valence-corrected chi connectivity index (χ4v) is 9.26. The van der Waals surface area contributed by atoms with Crippen LogP contribution in [-0.2, 0) is 9.59 Å². The maximum atomic E-state index is 12.3. The van der Waals surface area contributed by atoms with Crippen LogP contribution in [0.4, 0.5) is 0 Å². The number of ketones is 1. The molecular formula is C26H40O4. The second kappa shape index (κ2) is 7.00. The van der Waals surface area contributed by atoms with Crippen LogP contribution >= 0.6 is 0 Å². The zero-order valence-corrected chi connectivity index (χ0v) is 19.4. The topological polar surface area (TPSA) is 74.6 Å². The zero-order valence-electron chi connectivity index (χ0n) is 19.4. The Morgan fingerprint density at radius 2 is 1.83 bits per heavy atom. The molecule has 0 bridgehead atoms. The lowest BCUT2D eigenvalue weighted by molar-refractivity contribution is -0.244. The summed E-state index contributed by atoms with van der Waals surface area (Å²) >= 11 is 0. The Kier molecular flexibility index (Phi) is 5.18. The second-order valence-corrected chi connectivity index (χ2v) is 12.1. The first kappa shape index (κ1) is 22.2. The number of carbonyl (C=O) groups is 2. The predicted octanol–water partition coefficient (Wildman–Crippen LogP) is 4.33. The molecule has 0 heterocycles. The molecule has 0 aromatic carbocycles. The van der Waals surface area contributed by atoms with Gasteiger partial charge in [0.05, 0.1) is 12.0 Å². The van der Waals surface area contributed by atoms with E-state index < -0.39 is 17.4 Å². The van der Waals surface area contributed by atoms with E-state index in [4.69, 9.17) is 0 Å². The van der Waals surface area contributed by atoms with Crippen LogP contribution in [0.15, 0.2) is 11.6 Å². The van der Waals surface area contributed by atoms with Gasteiger partial charge in [0.25, 0.3) is 0 Å². The standard InChI is InChI=1S/C26H40O4/c1-16(29)17-7-8-20-24(4)12-9-19-23(2,3)10-6-11-26(19,15-28)21(24)13-22(30)25(20,5)18(17)14-27/h7,14,18-22,28,30H,6,8-13,15H2,1-5H3/t18-,19-,20-,21-,22-,24-,25+,26+/m0/s1. The summed E-state index contributed by atoms with van der Waals surface area (Å²) in [5.74, 6) is 0.225. The molecule has 168 valence electrons. The van der Waals surface area contributed by atoms with E-state index in [1.165, 1.54) is 13.3 Å². The molecule has 0 unspecified atom stereocenters. The van der Waals surface area contributed by atoms with E-state index in [1.54, 1.807) is 0 Å². The number of aldehydes is 1. The molecule has 3 saturated carbocycles. The fraction of sp³-hybridized carbons (Fsp3) is 0.846. The van der Waals surface area contributed by atoms with Gasteiger partial charge in [0, 0.05) is 23.0 Å². The molecule has 4 nitrogen and oxygen atoms in total. The lowest BCUT2D eigenvalue weighted by atomic mass is 9.34. The Bertz CT molecular complexity index is 769. The minimum Gasteiger partial charge on any atom is -0.396 e. The third-order valence-electron chi connectivity index (χ3n) is 10.7. The summed E-state index contributed by atoms with van der Waals surface area (Å²) in [4.78, 5) is 24.5. The molecule has 30 heavy (non-hydrogen) atoms. The van der Waals surface area contributed by atoms with Crippen molar-refractivity contribution in [1.82, 2.24) is 0 Å². The molecule has 0 aliphatic heterocycles. The predicted molar refractivity (Wildman–Crippen MR) is 117 cm³/mol. The lowest BCUT2D eigenvalue weighted by Crippen LogP contribution is -2.67. The molecule has 0 spiro atoms. The van der Waals surface area contributed by atoms with Crippen LogP contribution in [0.1, 0.15) is 79.6 Å². The summed E-state index contributed by atoms with van der Waals surface area (Å²) in [7, 11) is 0. The van der Waals surface area contributed by atoms with Crippen molar-refractivity contribution in [2.75, 3.05) is 6.61 Å². The van der Waals surface area contributed by atoms with Crippen molar-refractivity contribution in [3.63, 3.8) is 0 Å². The number of fused-ring (bicyclic) bond motifs is 5. The third-order valence-corrected chi connectivity index (χ3v) is 10.7. The smallest absolute Gasteiger partial charge is 0.156 e. The minimum atomic E-state index is -0.647. The van der Waals surface area contributed by atoms with Crippen molar-refractivity contribution in [3.8, 4) is 0 Å². The molecule has 0 aromatic rings. The van der Waals surface area contributed by atoms with Gasteiger partial charge in [-0.05, 0) is 74.0 Å². The highest BCUT2D eigenvalue weighted by Crippen LogP contribution is 2.72. The summed E-state index contributed by atoms with van der Waals surface area (Å²) < 4.78 is 0. The van der Waals surface area contributed by atoms with Gasteiger partial charge < -0.3 is 15.0 Å². The third kappa shape index (κ3) is 2.65. The highest BCUT2D eigenvalue weighted by molar-refractivity contribution is 5.97. The first-order valence-corrected chi connectivity index (χ1v) is 11.9. The van der Waals surface area contributed by atoms with E-state index >= 15 is 0 Å². The van der Waals surface area contributed by atoms with Gasteiger partial charge in [0.15, 0.2) is 5.78 Å². The Labute approximate surface area is 181 Å². The molecule has 8 atom stereocenters. The maximum Gasteiger partial charge on any atom is 0.156 e. The first-order valence-electron chi connectivity index (χ1n) is 11.9. The van der Waals surface area contributed by atoms with Gasteiger partial charge in [-0.2, -0.15) is 0 Å². The summed E-state index contributed by atoms with van der Waals surface area (Å²) in [5.41, 5.74) is -0.0579. The summed E-state index contributed by atoms with van der Waals surface area (Å²) in [5, 5.41) is 22.4. The molecule has 4 aliphatic carbocycles. The van der Waals surface area contributed by atoms with Crippen LogP contribution in [0.5, 0.6) is 0 Å². The van der Waals surface area contributed by atoms with Crippen LogP contribution in [0.2, 0.25) is 0 Å². The number of allylic oxidation sites excluding steroid dienone is 2. The van der Waals surface area contributed by atoms with E-state index in [9.17, 15) is 19.8 Å². The van der Waals surface area contributed by atoms with Gasteiger partial charge in [-0.1, -0.05) is 40.2 Å². The van der Waals surface area contributed by atoms with E-state index in [-0.39, 0.29) is 40.5 Å². The van der Waals surface area contributed by atoms with Crippen LogP contribution < -0.4 is 0 Å². The lowest BCUT2D eigenvalue weighted by Gasteiger charge is -2.70. The largest absolute Gasteiger partial charge is 0.396 e. The Morgan fingerprint density at radius 1 is 1.13 bits per heavy atom. The SMILES string of the molecule is CC(=O)C1=CC[C@H]2[C@]3(C)CC[C@H]4C(C)(C)CCC[C@]4(CO)[C@H]3C[C@H](O)[C@]2(C)[C@H]1C=O. The molecule has 0 radical (unpaired) electrons. The average Bonchev–Trinajstić information content (AvgIpc) is 2.68. The van der Waals surface area contributed by atoms with Gasteiger partial charge in [-0.25, -0.2) is 0 Å². The molecule has 0 saturated heterocycles. The molecule has 0 amide bonds. The van der Waals surface area contributed by atoms with Crippen LogP contribution in [0.25, 0.3) is 0 Å². The first-order chi connectivity index (χ1) is 14.0. The van der Waals surface area contributed by atoms with E-state index in [0.29, 0.717) is 17.9 Å². The number of aliphatic hydroxyl groups excluding tert-OH is 2. The Morgan fingerprint density at radius 3 is 2.43 bits per heavy atom. The highest BCUT2D eigenvalue weighted by atomic mass is 16.3. The van der Waals surface area contributed by atoms with Gasteiger partial charge in [0.1, 0.15) is 6.29 Å². The summed E-state index contributed by atoms with van der Waals surface area (Å²) in [6, 6.07) is 0. The number of hydrogen-bond donors (Lipinski definition) is 2. The molecule has 0 aromatic heterocycles. The van der Waals surface area contributed by atoms with Crippen LogP contribution in [0, 0.1) is 45.3 Å². The van der Waals surface area contributed by atoms with Gasteiger partial charge in [-0.15, -0.1) is 0 Å². The molecular weight excluding hydrogens is 376 g/mol. The fourth-order valence-electron chi connectivity index (χ4n) is 9.26. The van der Waals surface area contributed by atoms with Crippen molar-refractivity contribution in [3.05, 3.63) is 11.6 Å². The Hall–Kier alpha value is -1.00. The second-order valence-electron chi connectivity index (χ2n) is 12.1. The van der Waals surface area contributed by atoms with Crippen molar-refractivity contribution in [2.24, 2.45) is 45.3 Å². The van der Waals surface area contributed by atoms with Crippen molar-refractivity contribution >= 4 is 12.1 Å². The van der Waals surface area contributed by atoms with Gasteiger partial charge in [0.2, 0.25) is 0 Å². The van der Waals surface area contributed by atoms with Gasteiger partial charge in [-0.3, -0.25) is 4.79 Å². The summed E-state index contributed by atoms with van der Waals surface area (Å²) in [6.07, 6.45) is 9.10. The number of hydrogen-bond acceptors (Lipinski definition) is 4. The van der Waals surface area contributed by atoms with Gasteiger partial charge >= 0.3 is 0 Å². The van der Waals surface area contributed by atoms with Crippen molar-refractivity contribution in [2.45, 2.75) is 85.7 Å². The number of Topliss-reactive ketones (excluding diaryl/α,β-unsaturated/α-hetero) is 1. The van der Waals surface area contributed by atoms with Crippen molar-refractivity contribution in [1.29, 1.82) is 0 Å². The molecule has 3 fully saturated rings. The van der Waals surface area contributed by atoms with E-state index in [2.05, 4.69) is 20.8 Å². The Balaban J connectivity index is 1.83.